The van der Waals surface area contributed by atoms with Crippen molar-refractivity contribution in [2.24, 2.45) is 5.73 Å². The molecule has 0 saturated carbocycles. The highest BCUT2D eigenvalue weighted by Crippen LogP contribution is 2.23. The Morgan fingerprint density at radius 2 is 1.86 bits per heavy atom. The lowest BCUT2D eigenvalue weighted by Crippen LogP contribution is -1.97. The molecule has 0 atom stereocenters. The maximum absolute atomic E-state index is 5.47. The zero-order valence-electron chi connectivity index (χ0n) is 11.9. The van der Waals surface area contributed by atoms with Gasteiger partial charge in [0, 0.05) is 15.8 Å². The quantitative estimate of drug-likeness (QED) is 0.530. The average Bonchev–Trinajstić information content (AvgIpc) is 2.94. The van der Waals surface area contributed by atoms with Crippen LogP contribution in [0.5, 0.6) is 0 Å². The summed E-state index contributed by atoms with van der Waals surface area (Å²) in [4.78, 5) is 5.63. The Bertz CT molecular complexity index is 530. The van der Waals surface area contributed by atoms with Gasteiger partial charge in [0.15, 0.2) is 5.82 Å². The molecule has 0 bridgehead atoms. The zero-order chi connectivity index (χ0) is 14.9. The van der Waals surface area contributed by atoms with Crippen molar-refractivity contribution < 1.29 is 4.52 Å². The van der Waals surface area contributed by atoms with Crippen LogP contribution in [0.1, 0.15) is 37.4 Å². The van der Waals surface area contributed by atoms with Crippen LogP contribution in [0.25, 0.3) is 0 Å². The molecule has 0 aliphatic carbocycles. The van der Waals surface area contributed by atoms with E-state index in [1.165, 1.54) is 17.7 Å². The molecule has 1 aromatic carbocycles. The molecular weight excluding hydrogens is 350 g/mol. The largest absolute Gasteiger partial charge is 0.339 e. The van der Waals surface area contributed by atoms with Crippen molar-refractivity contribution in [1.29, 1.82) is 0 Å². The van der Waals surface area contributed by atoms with Crippen LogP contribution in [0, 0.1) is 0 Å². The lowest BCUT2D eigenvalue weighted by molar-refractivity contribution is 0.370. The first kappa shape index (κ1) is 16.5. The van der Waals surface area contributed by atoms with E-state index in [2.05, 4.69) is 38.2 Å². The second kappa shape index (κ2) is 9.23. The first-order valence-corrected chi connectivity index (χ1v) is 8.95. The molecule has 2 aromatic rings. The zero-order valence-corrected chi connectivity index (χ0v) is 14.3. The van der Waals surface area contributed by atoms with Gasteiger partial charge in [-0.3, -0.25) is 0 Å². The van der Waals surface area contributed by atoms with Crippen molar-refractivity contribution in [3.05, 3.63) is 40.5 Å². The maximum atomic E-state index is 5.47. The predicted molar refractivity (Wildman–Crippen MR) is 89.2 cm³/mol. The van der Waals surface area contributed by atoms with Crippen molar-refractivity contribution in [1.82, 2.24) is 10.1 Å². The van der Waals surface area contributed by atoms with E-state index in [9.17, 15) is 0 Å². The average molecular weight is 370 g/mol. The molecule has 21 heavy (non-hydrogen) atoms. The summed E-state index contributed by atoms with van der Waals surface area (Å²) >= 11 is 5.14. The molecule has 0 saturated heterocycles. The minimum Gasteiger partial charge on any atom is -0.339 e. The summed E-state index contributed by atoms with van der Waals surface area (Å²) < 4.78 is 6.36. The summed E-state index contributed by atoms with van der Waals surface area (Å²) in [5.41, 5.74) is 5.47. The molecule has 114 valence electrons. The van der Waals surface area contributed by atoms with Crippen LogP contribution in [0.2, 0.25) is 0 Å². The Morgan fingerprint density at radius 3 is 2.62 bits per heavy atom. The fourth-order valence-corrected chi connectivity index (χ4v) is 2.91. The fraction of sp³-hybridized carbons (Fsp3) is 0.467. The normalized spacial score (nSPS) is 11.0. The highest BCUT2D eigenvalue weighted by molar-refractivity contribution is 9.10. The number of unbranched alkanes of at least 4 members (excludes halogenated alkanes) is 3. The third-order valence-corrected chi connectivity index (χ3v) is 4.57. The van der Waals surface area contributed by atoms with Gasteiger partial charge in [0.2, 0.25) is 5.89 Å². The number of rotatable bonds is 9. The topological polar surface area (TPSA) is 64.9 Å². The lowest BCUT2D eigenvalue weighted by Gasteiger charge is -1.98. The monoisotopic (exact) mass is 369 g/mol. The third kappa shape index (κ3) is 6.20. The Labute approximate surface area is 138 Å². The van der Waals surface area contributed by atoms with Crippen LogP contribution in [0.3, 0.4) is 0 Å². The first-order chi connectivity index (χ1) is 10.3. The van der Waals surface area contributed by atoms with Gasteiger partial charge < -0.3 is 10.3 Å². The summed E-state index contributed by atoms with van der Waals surface area (Å²) in [5, 5.41) is 4.03. The predicted octanol–water partition coefficient (Wildman–Crippen LogP) is 4.19. The summed E-state index contributed by atoms with van der Waals surface area (Å²) in [7, 11) is 0. The number of nitrogens with two attached hydrogens (primary N) is 1. The van der Waals surface area contributed by atoms with E-state index >= 15 is 0 Å². The summed E-state index contributed by atoms with van der Waals surface area (Å²) in [6.07, 6.45) is 5.39. The van der Waals surface area contributed by atoms with E-state index in [4.69, 9.17) is 10.3 Å². The molecule has 0 unspecified atom stereocenters. The standard InChI is InChI=1S/C15H20BrN3OS/c16-12-6-8-13(9-7-12)21-11-14-18-15(20-19-14)5-3-1-2-4-10-17/h6-9H,1-5,10-11,17H2. The van der Waals surface area contributed by atoms with Gasteiger partial charge in [0.25, 0.3) is 0 Å². The highest BCUT2D eigenvalue weighted by Gasteiger charge is 2.06. The van der Waals surface area contributed by atoms with Gasteiger partial charge in [0.1, 0.15) is 0 Å². The number of halogens is 1. The Kier molecular flexibility index (Phi) is 7.26. The number of thioether (sulfide) groups is 1. The third-order valence-electron chi connectivity index (χ3n) is 3.04. The van der Waals surface area contributed by atoms with Crippen molar-refractivity contribution in [2.75, 3.05) is 6.54 Å². The van der Waals surface area contributed by atoms with Gasteiger partial charge >= 0.3 is 0 Å². The molecular formula is C15H20BrN3OS. The smallest absolute Gasteiger partial charge is 0.226 e. The van der Waals surface area contributed by atoms with Crippen LogP contribution < -0.4 is 5.73 Å². The summed E-state index contributed by atoms with van der Waals surface area (Å²) in [5.74, 6) is 2.24. The van der Waals surface area contributed by atoms with Crippen molar-refractivity contribution in [3.63, 3.8) is 0 Å². The number of aryl methyl sites for hydroxylation is 1. The van der Waals surface area contributed by atoms with Crippen LogP contribution in [-0.2, 0) is 12.2 Å². The number of hydrogen-bond donors (Lipinski definition) is 1. The number of benzene rings is 1. The number of nitrogens with zero attached hydrogens (tertiary/aromatic N) is 2. The Hall–Kier alpha value is -0.850. The van der Waals surface area contributed by atoms with Gasteiger partial charge in [-0.25, -0.2) is 0 Å². The lowest BCUT2D eigenvalue weighted by atomic mass is 10.1. The van der Waals surface area contributed by atoms with Crippen molar-refractivity contribution in [3.8, 4) is 0 Å². The molecule has 2 rings (SSSR count). The van der Waals surface area contributed by atoms with Crippen molar-refractivity contribution >= 4 is 27.7 Å². The Morgan fingerprint density at radius 1 is 1.10 bits per heavy atom. The second-order valence-electron chi connectivity index (χ2n) is 4.80. The van der Waals surface area contributed by atoms with Crippen LogP contribution in [-0.4, -0.2) is 16.7 Å². The minimum absolute atomic E-state index is 0.734. The van der Waals surface area contributed by atoms with Crippen LogP contribution in [0.15, 0.2) is 38.2 Å². The molecule has 0 aliphatic rings. The van der Waals surface area contributed by atoms with Gasteiger partial charge in [-0.1, -0.05) is 33.9 Å². The molecule has 0 spiro atoms. The molecule has 0 amide bonds. The first-order valence-electron chi connectivity index (χ1n) is 7.18. The molecule has 6 heteroatoms. The maximum Gasteiger partial charge on any atom is 0.226 e. The van der Waals surface area contributed by atoms with Gasteiger partial charge in [0.05, 0.1) is 5.75 Å². The molecule has 0 radical (unpaired) electrons. The van der Waals surface area contributed by atoms with E-state index < -0.39 is 0 Å². The molecule has 0 aliphatic heterocycles. The number of hydrogen-bond acceptors (Lipinski definition) is 5. The van der Waals surface area contributed by atoms with Crippen LogP contribution >= 0.6 is 27.7 Å². The van der Waals surface area contributed by atoms with Crippen LogP contribution in [0.4, 0.5) is 0 Å². The van der Waals surface area contributed by atoms with Gasteiger partial charge in [-0.05, 0) is 43.7 Å². The van der Waals surface area contributed by atoms with E-state index in [0.29, 0.717) is 0 Å². The molecule has 1 heterocycles. The van der Waals surface area contributed by atoms with E-state index in [0.717, 1.165) is 47.7 Å². The second-order valence-corrected chi connectivity index (χ2v) is 6.76. The molecule has 2 N–H and O–H groups in total. The van der Waals surface area contributed by atoms with Gasteiger partial charge in [-0.2, -0.15) is 4.98 Å². The highest BCUT2D eigenvalue weighted by atomic mass is 79.9. The van der Waals surface area contributed by atoms with Gasteiger partial charge in [-0.15, -0.1) is 11.8 Å². The number of aromatic nitrogens is 2. The minimum atomic E-state index is 0.734. The molecule has 0 fully saturated rings. The van der Waals surface area contributed by atoms with E-state index in [1.54, 1.807) is 11.8 Å². The fourth-order valence-electron chi connectivity index (χ4n) is 1.90. The molecule has 1 aromatic heterocycles. The Balaban J connectivity index is 1.71. The summed E-state index contributed by atoms with van der Waals surface area (Å²) in [6, 6.07) is 8.22. The van der Waals surface area contributed by atoms with E-state index in [1.807, 2.05) is 12.1 Å². The van der Waals surface area contributed by atoms with E-state index in [-0.39, 0.29) is 0 Å². The summed E-state index contributed by atoms with van der Waals surface area (Å²) in [6.45, 7) is 0.776. The SMILES string of the molecule is NCCCCCCc1nc(CSc2ccc(Br)cc2)no1. The molecule has 4 nitrogen and oxygen atoms in total. The van der Waals surface area contributed by atoms with Crippen molar-refractivity contribution in [2.45, 2.75) is 42.8 Å².